The molecule has 0 aliphatic carbocycles. The lowest BCUT2D eigenvalue weighted by atomic mass is 9.94. The number of aliphatic carboxylic acids is 1. The minimum atomic E-state index is -1.00. The fourth-order valence-corrected chi connectivity index (χ4v) is 5.59. The van der Waals surface area contributed by atoms with Crippen LogP contribution >= 0.6 is 34.4 Å². The van der Waals surface area contributed by atoms with Gasteiger partial charge in [-0.25, -0.2) is 4.79 Å². The smallest absolute Gasteiger partial charge is 0.327 e. The van der Waals surface area contributed by atoms with E-state index in [1.54, 1.807) is 0 Å². The summed E-state index contributed by atoms with van der Waals surface area (Å²) in [5.41, 5.74) is 0.873. The number of nitrogens with one attached hydrogen (secondary N) is 1. The molecule has 2 amide bonds. The third kappa shape index (κ3) is 3.13. The largest absolute Gasteiger partial charge is 0.480 e. The number of fused-ring (bicyclic) bond motifs is 1. The van der Waals surface area contributed by atoms with E-state index < -0.39 is 21.5 Å². The van der Waals surface area contributed by atoms with Gasteiger partial charge in [-0.3, -0.25) is 9.59 Å². The van der Waals surface area contributed by atoms with Crippen molar-refractivity contribution in [3.63, 3.8) is 0 Å². The normalized spacial score (nSPS) is 31.8. The van der Waals surface area contributed by atoms with Crippen molar-refractivity contribution in [2.45, 2.75) is 34.2 Å². The van der Waals surface area contributed by atoms with Crippen molar-refractivity contribution in [3.05, 3.63) is 35.9 Å². The number of carbonyl (C=O) groups excluding carboxylic acids is 2. The molecule has 128 valence electrons. The highest BCUT2D eigenvalue weighted by molar-refractivity contribution is 14.1. The predicted octanol–water partition coefficient (Wildman–Crippen LogP) is 1.28. The van der Waals surface area contributed by atoms with Crippen molar-refractivity contribution in [3.8, 4) is 0 Å². The Bertz CT molecular complexity index is 682. The fraction of sp³-hybridized carbons (Fsp3) is 0.438. The van der Waals surface area contributed by atoms with E-state index >= 15 is 0 Å². The van der Waals surface area contributed by atoms with Gasteiger partial charge in [0.2, 0.25) is 11.8 Å². The lowest BCUT2D eigenvalue weighted by molar-refractivity contribution is -0.163. The molecule has 4 atom stereocenters. The number of carboxylic acid groups (broad SMARTS) is 1. The van der Waals surface area contributed by atoms with E-state index in [0.29, 0.717) is 5.75 Å². The zero-order valence-electron chi connectivity index (χ0n) is 12.9. The molecule has 0 aromatic heterocycles. The van der Waals surface area contributed by atoms with Crippen LogP contribution in [0.15, 0.2) is 30.3 Å². The van der Waals surface area contributed by atoms with E-state index in [9.17, 15) is 19.5 Å². The molecular weight excluding hydrogens is 443 g/mol. The Balaban J connectivity index is 1.67. The van der Waals surface area contributed by atoms with Gasteiger partial charge in [0.1, 0.15) is 17.5 Å². The van der Waals surface area contributed by atoms with Gasteiger partial charge in [0, 0.05) is 5.75 Å². The summed E-state index contributed by atoms with van der Waals surface area (Å²) in [6.07, 6.45) is 0.203. The van der Waals surface area contributed by atoms with Crippen molar-refractivity contribution < 1.29 is 19.5 Å². The monoisotopic (exact) mass is 460 g/mol. The summed E-state index contributed by atoms with van der Waals surface area (Å²) in [6.45, 7) is 1.84. The predicted molar refractivity (Wildman–Crippen MR) is 99.0 cm³/mol. The molecule has 1 aromatic carbocycles. The fourth-order valence-electron chi connectivity index (χ4n) is 3.07. The van der Waals surface area contributed by atoms with Gasteiger partial charge < -0.3 is 15.3 Å². The van der Waals surface area contributed by atoms with Gasteiger partial charge in [0.05, 0.1) is 9.84 Å². The van der Waals surface area contributed by atoms with Gasteiger partial charge in [0.15, 0.2) is 0 Å². The Morgan fingerprint density at radius 1 is 1.42 bits per heavy atom. The average molecular weight is 460 g/mol. The second-order valence-electron chi connectivity index (χ2n) is 6.17. The summed E-state index contributed by atoms with van der Waals surface area (Å²) in [4.78, 5) is 37.6. The quantitative estimate of drug-likeness (QED) is 0.402. The van der Waals surface area contributed by atoms with Crippen LogP contribution in [0.1, 0.15) is 12.5 Å². The van der Waals surface area contributed by atoms with Crippen molar-refractivity contribution in [2.75, 3.05) is 5.75 Å². The van der Waals surface area contributed by atoms with Gasteiger partial charge in [-0.05, 0) is 12.5 Å². The molecule has 2 saturated heterocycles. The number of amides is 2. The number of β-lactam (4-membered cyclic amide) rings is 1. The number of thioether (sulfide) groups is 1. The van der Waals surface area contributed by atoms with Crippen molar-refractivity contribution in [1.29, 1.82) is 0 Å². The van der Waals surface area contributed by atoms with Crippen LogP contribution in [0.4, 0.5) is 0 Å². The molecule has 3 rings (SSSR count). The molecule has 24 heavy (non-hydrogen) atoms. The van der Waals surface area contributed by atoms with E-state index in [-0.39, 0.29) is 23.6 Å². The summed E-state index contributed by atoms with van der Waals surface area (Å²) < 4.78 is -0.528. The molecular formula is C16H17IN2O4S. The molecule has 8 heteroatoms. The maximum atomic E-state index is 12.4. The number of hydrogen-bond donors (Lipinski definition) is 2. The van der Waals surface area contributed by atoms with Gasteiger partial charge in [-0.2, -0.15) is 0 Å². The molecule has 2 N–H and O–H groups in total. The van der Waals surface area contributed by atoms with Crippen LogP contribution in [-0.2, 0) is 20.8 Å². The van der Waals surface area contributed by atoms with E-state index in [4.69, 9.17) is 0 Å². The number of carboxylic acids is 1. The minimum absolute atomic E-state index is 0.203. The van der Waals surface area contributed by atoms with Gasteiger partial charge >= 0.3 is 5.97 Å². The lowest BCUT2D eigenvalue weighted by Crippen LogP contribution is -2.77. The first-order chi connectivity index (χ1) is 11.3. The average Bonchev–Trinajstić information content (AvgIpc) is 2.52. The van der Waals surface area contributed by atoms with Crippen LogP contribution in [0, 0.1) is 0 Å². The lowest BCUT2D eigenvalue weighted by Gasteiger charge is -2.56. The van der Waals surface area contributed by atoms with E-state index in [1.165, 1.54) is 16.7 Å². The zero-order chi connectivity index (χ0) is 17.5. The summed E-state index contributed by atoms with van der Waals surface area (Å²) >= 11 is 3.62. The van der Waals surface area contributed by atoms with E-state index in [0.717, 1.165) is 5.56 Å². The summed E-state index contributed by atoms with van der Waals surface area (Å²) in [5.74, 6) is -0.928. The highest BCUT2D eigenvalue weighted by Gasteiger charge is 2.60. The van der Waals surface area contributed by atoms with Crippen LogP contribution in [0.2, 0.25) is 0 Å². The molecule has 2 fully saturated rings. The van der Waals surface area contributed by atoms with E-state index in [2.05, 4.69) is 27.9 Å². The molecule has 0 saturated carbocycles. The number of halogens is 1. The molecule has 0 bridgehead atoms. The Labute approximate surface area is 157 Å². The van der Waals surface area contributed by atoms with Gasteiger partial charge in [0.25, 0.3) is 0 Å². The van der Waals surface area contributed by atoms with Crippen LogP contribution in [0.25, 0.3) is 0 Å². The molecule has 1 aromatic rings. The number of alkyl halides is 1. The van der Waals surface area contributed by atoms with Crippen molar-refractivity contribution >= 4 is 52.1 Å². The van der Waals surface area contributed by atoms with Crippen LogP contribution in [0.3, 0.4) is 0 Å². The molecule has 2 aliphatic rings. The number of nitrogens with zero attached hydrogens (tertiary/aromatic N) is 1. The Morgan fingerprint density at radius 2 is 2.08 bits per heavy atom. The Morgan fingerprint density at radius 3 is 2.71 bits per heavy atom. The highest BCUT2D eigenvalue weighted by Crippen LogP contribution is 2.45. The highest BCUT2D eigenvalue weighted by atomic mass is 127. The van der Waals surface area contributed by atoms with Crippen LogP contribution in [0.5, 0.6) is 0 Å². The van der Waals surface area contributed by atoms with Crippen LogP contribution in [-0.4, -0.2) is 54.4 Å². The summed E-state index contributed by atoms with van der Waals surface area (Å²) in [7, 11) is 0. The van der Waals surface area contributed by atoms with E-state index in [1.807, 2.05) is 37.3 Å². The Hall–Kier alpha value is -1.29. The molecule has 0 radical (unpaired) electrons. The van der Waals surface area contributed by atoms with Crippen molar-refractivity contribution in [1.82, 2.24) is 10.2 Å². The molecule has 0 spiro atoms. The zero-order valence-corrected chi connectivity index (χ0v) is 15.9. The minimum Gasteiger partial charge on any atom is -0.480 e. The number of rotatable bonds is 4. The third-order valence-electron chi connectivity index (χ3n) is 4.22. The number of carbonyl (C=O) groups is 3. The second-order valence-corrected chi connectivity index (χ2v) is 9.74. The maximum absolute atomic E-state index is 12.4. The summed E-state index contributed by atoms with van der Waals surface area (Å²) in [6, 6.07) is 7.79. The Kier molecular flexibility index (Phi) is 4.78. The first-order valence-electron chi connectivity index (χ1n) is 7.50. The number of benzene rings is 1. The second kappa shape index (κ2) is 6.55. The topological polar surface area (TPSA) is 86.7 Å². The third-order valence-corrected chi connectivity index (χ3v) is 7.32. The van der Waals surface area contributed by atoms with Crippen LogP contribution < -0.4 is 5.32 Å². The first-order valence-corrected chi connectivity index (χ1v) is 9.63. The number of hydrogen-bond acceptors (Lipinski definition) is 4. The van der Waals surface area contributed by atoms with Gasteiger partial charge in [-0.15, -0.1) is 11.8 Å². The SMILES string of the molecule is CC1(I)CS[C@H]2C(NC(=O)Cc3ccccc3)C(=O)N2C1C(=O)O. The standard InChI is InChI=1S/C16H17IN2O4S/c1-16(17)8-24-14-11(13(21)19(14)12(16)15(22)23)18-10(20)7-9-5-3-2-4-6-9/h2-6,11-12,14H,7-8H2,1H3,(H,18,20)(H,22,23)/t11?,12?,14-,16?/m0/s1. The summed E-state index contributed by atoms with van der Waals surface area (Å²) in [5, 5.41) is 11.9. The molecule has 3 unspecified atom stereocenters. The van der Waals surface area contributed by atoms with Crippen molar-refractivity contribution in [2.24, 2.45) is 0 Å². The molecule has 2 heterocycles. The molecule has 2 aliphatic heterocycles. The maximum Gasteiger partial charge on any atom is 0.327 e. The first kappa shape index (κ1) is 17.5. The molecule has 6 nitrogen and oxygen atoms in total. The van der Waals surface area contributed by atoms with Gasteiger partial charge in [-0.1, -0.05) is 52.9 Å².